The van der Waals surface area contributed by atoms with Gasteiger partial charge in [0.2, 0.25) is 0 Å². The fourth-order valence-electron chi connectivity index (χ4n) is 4.44. The molecule has 0 amide bonds. The van der Waals surface area contributed by atoms with Crippen molar-refractivity contribution in [3.05, 3.63) is 23.3 Å². The van der Waals surface area contributed by atoms with Crippen molar-refractivity contribution in [2.75, 3.05) is 27.3 Å². The highest BCUT2D eigenvalue weighted by Crippen LogP contribution is 2.45. The van der Waals surface area contributed by atoms with Gasteiger partial charge in [-0.1, -0.05) is 13.8 Å². The standard InChI is InChI=1S/C20H28N2O2/c1-13(2)7-16-12-22-6-5-14-9-19(23-3)20(24-4)10-17(14)18(22)8-15(16)11-21/h9-10,13,15-16,18H,5-8,12H2,1-4H3/t15?,16-,18-/m1/s1. The predicted octanol–water partition coefficient (Wildman–Crippen LogP) is 3.81. The molecule has 2 aliphatic rings. The first-order valence-electron chi connectivity index (χ1n) is 8.95. The minimum Gasteiger partial charge on any atom is -0.493 e. The molecule has 0 radical (unpaired) electrons. The lowest BCUT2D eigenvalue weighted by Gasteiger charge is -2.46. The number of nitrogens with zero attached hydrogens (tertiary/aromatic N) is 2. The molecule has 0 aliphatic carbocycles. The molecule has 130 valence electrons. The number of fused-ring (bicyclic) bond motifs is 3. The molecule has 0 aromatic heterocycles. The summed E-state index contributed by atoms with van der Waals surface area (Å²) >= 11 is 0. The van der Waals surface area contributed by atoms with E-state index in [0.29, 0.717) is 17.9 Å². The molecule has 2 aliphatic heterocycles. The van der Waals surface area contributed by atoms with Crippen LogP contribution < -0.4 is 9.47 Å². The molecule has 24 heavy (non-hydrogen) atoms. The van der Waals surface area contributed by atoms with E-state index in [0.717, 1.165) is 43.9 Å². The van der Waals surface area contributed by atoms with Gasteiger partial charge in [-0.05, 0) is 54.4 Å². The van der Waals surface area contributed by atoms with Gasteiger partial charge in [-0.25, -0.2) is 0 Å². The Hall–Kier alpha value is -1.73. The molecule has 1 saturated heterocycles. The van der Waals surface area contributed by atoms with Crippen LogP contribution in [0.2, 0.25) is 0 Å². The van der Waals surface area contributed by atoms with Crippen molar-refractivity contribution < 1.29 is 9.47 Å². The summed E-state index contributed by atoms with van der Waals surface area (Å²) in [5.41, 5.74) is 2.66. The van der Waals surface area contributed by atoms with E-state index in [-0.39, 0.29) is 5.92 Å². The lowest BCUT2D eigenvalue weighted by Crippen LogP contribution is -2.46. The number of hydrogen-bond acceptors (Lipinski definition) is 4. The molecule has 0 spiro atoms. The second-order valence-electron chi connectivity index (χ2n) is 7.53. The number of nitriles is 1. The van der Waals surface area contributed by atoms with E-state index in [4.69, 9.17) is 9.47 Å². The van der Waals surface area contributed by atoms with Crippen LogP contribution in [0.1, 0.15) is 43.9 Å². The lowest BCUT2D eigenvalue weighted by atomic mass is 9.75. The van der Waals surface area contributed by atoms with Crippen LogP contribution in [0.4, 0.5) is 0 Å². The third kappa shape index (κ3) is 3.10. The second-order valence-corrected chi connectivity index (χ2v) is 7.53. The Morgan fingerprint density at radius 1 is 1.25 bits per heavy atom. The first-order valence-corrected chi connectivity index (χ1v) is 8.95. The molecule has 0 saturated carbocycles. The SMILES string of the molecule is COc1cc2c(cc1OC)[C@H]1CC(C#N)[C@H](CC(C)C)CN1CC2. The Morgan fingerprint density at radius 2 is 1.96 bits per heavy atom. The Kier molecular flexibility index (Phi) is 5.01. The second kappa shape index (κ2) is 7.03. The predicted molar refractivity (Wildman–Crippen MR) is 94.2 cm³/mol. The summed E-state index contributed by atoms with van der Waals surface area (Å²) in [6.45, 7) is 6.61. The number of benzene rings is 1. The van der Waals surface area contributed by atoms with Crippen LogP contribution in [0, 0.1) is 29.1 Å². The van der Waals surface area contributed by atoms with Crippen LogP contribution in [0.5, 0.6) is 11.5 Å². The summed E-state index contributed by atoms with van der Waals surface area (Å²) < 4.78 is 11.0. The van der Waals surface area contributed by atoms with E-state index in [1.807, 2.05) is 0 Å². The molecule has 0 N–H and O–H groups in total. The molecule has 1 aromatic carbocycles. The fraction of sp³-hybridized carbons (Fsp3) is 0.650. The summed E-state index contributed by atoms with van der Waals surface area (Å²) in [4.78, 5) is 2.58. The summed E-state index contributed by atoms with van der Waals surface area (Å²) in [7, 11) is 3.37. The normalized spacial score (nSPS) is 26.4. The van der Waals surface area contributed by atoms with Crippen molar-refractivity contribution in [1.82, 2.24) is 4.90 Å². The molecule has 1 unspecified atom stereocenters. The minimum atomic E-state index is 0.146. The minimum absolute atomic E-state index is 0.146. The van der Waals surface area contributed by atoms with Gasteiger partial charge in [-0.15, -0.1) is 0 Å². The summed E-state index contributed by atoms with van der Waals surface area (Å²) in [6.07, 6.45) is 3.11. The van der Waals surface area contributed by atoms with Crippen molar-refractivity contribution in [1.29, 1.82) is 5.26 Å². The van der Waals surface area contributed by atoms with E-state index in [9.17, 15) is 5.26 Å². The van der Waals surface area contributed by atoms with Gasteiger partial charge in [0.15, 0.2) is 11.5 Å². The topological polar surface area (TPSA) is 45.5 Å². The third-order valence-corrected chi connectivity index (χ3v) is 5.57. The molecule has 1 aromatic rings. The van der Waals surface area contributed by atoms with Crippen LogP contribution in [-0.4, -0.2) is 32.2 Å². The molecule has 0 bridgehead atoms. The fourth-order valence-corrected chi connectivity index (χ4v) is 4.44. The average molecular weight is 328 g/mol. The van der Waals surface area contributed by atoms with E-state index < -0.39 is 0 Å². The van der Waals surface area contributed by atoms with Gasteiger partial charge in [-0.3, -0.25) is 4.90 Å². The lowest BCUT2D eigenvalue weighted by molar-refractivity contribution is 0.0642. The number of ether oxygens (including phenoxy) is 2. The largest absolute Gasteiger partial charge is 0.493 e. The van der Waals surface area contributed by atoms with Crippen LogP contribution in [0.15, 0.2) is 12.1 Å². The maximum Gasteiger partial charge on any atom is 0.161 e. The zero-order chi connectivity index (χ0) is 17.3. The Balaban J connectivity index is 1.91. The first-order chi connectivity index (χ1) is 11.6. The number of rotatable bonds is 4. The number of hydrogen-bond donors (Lipinski definition) is 0. The van der Waals surface area contributed by atoms with Gasteiger partial charge in [0.25, 0.3) is 0 Å². The van der Waals surface area contributed by atoms with Gasteiger partial charge in [-0.2, -0.15) is 5.26 Å². The molecule has 3 atom stereocenters. The van der Waals surface area contributed by atoms with E-state index in [2.05, 4.69) is 36.9 Å². The zero-order valence-electron chi connectivity index (χ0n) is 15.2. The summed E-state index contributed by atoms with van der Waals surface area (Å²) in [5, 5.41) is 9.68. The highest BCUT2D eigenvalue weighted by Gasteiger charge is 2.39. The van der Waals surface area contributed by atoms with Gasteiger partial charge >= 0.3 is 0 Å². The highest BCUT2D eigenvalue weighted by atomic mass is 16.5. The van der Waals surface area contributed by atoms with Gasteiger partial charge in [0.1, 0.15) is 0 Å². The molecule has 1 fully saturated rings. The Bertz CT molecular complexity index is 635. The molecule has 3 rings (SSSR count). The van der Waals surface area contributed by atoms with E-state index in [1.54, 1.807) is 14.2 Å². The van der Waals surface area contributed by atoms with Gasteiger partial charge < -0.3 is 9.47 Å². The van der Waals surface area contributed by atoms with Crippen LogP contribution in [-0.2, 0) is 6.42 Å². The van der Waals surface area contributed by atoms with Crippen LogP contribution in [0.3, 0.4) is 0 Å². The van der Waals surface area contributed by atoms with Crippen LogP contribution >= 0.6 is 0 Å². The molecule has 4 nitrogen and oxygen atoms in total. The maximum atomic E-state index is 9.68. The van der Waals surface area contributed by atoms with Crippen molar-refractivity contribution in [3.63, 3.8) is 0 Å². The Labute approximate surface area is 145 Å². The van der Waals surface area contributed by atoms with Crippen molar-refractivity contribution in [2.24, 2.45) is 17.8 Å². The van der Waals surface area contributed by atoms with Gasteiger partial charge in [0.05, 0.1) is 26.2 Å². The monoisotopic (exact) mass is 328 g/mol. The highest BCUT2D eigenvalue weighted by molar-refractivity contribution is 5.49. The number of methoxy groups -OCH3 is 2. The molecular formula is C20H28N2O2. The number of piperidine rings is 1. The van der Waals surface area contributed by atoms with Gasteiger partial charge in [0, 0.05) is 19.1 Å². The quantitative estimate of drug-likeness (QED) is 0.843. The first kappa shape index (κ1) is 17.1. The average Bonchev–Trinajstić information content (AvgIpc) is 2.59. The van der Waals surface area contributed by atoms with Crippen molar-refractivity contribution in [3.8, 4) is 17.6 Å². The van der Waals surface area contributed by atoms with Crippen LogP contribution in [0.25, 0.3) is 0 Å². The smallest absolute Gasteiger partial charge is 0.161 e. The molecular weight excluding hydrogens is 300 g/mol. The third-order valence-electron chi connectivity index (χ3n) is 5.57. The summed E-state index contributed by atoms with van der Waals surface area (Å²) in [6, 6.07) is 7.17. The summed E-state index contributed by atoms with van der Waals surface area (Å²) in [5.74, 6) is 2.87. The van der Waals surface area contributed by atoms with Crippen molar-refractivity contribution >= 4 is 0 Å². The Morgan fingerprint density at radius 3 is 2.58 bits per heavy atom. The maximum absolute atomic E-state index is 9.68. The van der Waals surface area contributed by atoms with E-state index >= 15 is 0 Å². The van der Waals surface area contributed by atoms with E-state index in [1.165, 1.54) is 11.1 Å². The van der Waals surface area contributed by atoms with Crippen molar-refractivity contribution in [2.45, 2.75) is 39.2 Å². The molecule has 4 heteroatoms. The zero-order valence-corrected chi connectivity index (χ0v) is 15.2. The molecule has 2 heterocycles.